The summed E-state index contributed by atoms with van der Waals surface area (Å²) in [7, 11) is 0. The SMILES string of the molecule is C[C@@H]1CCC[C@@H](C)[NH+]1C[C@@H]1CCCC[NH2+]1. The van der Waals surface area contributed by atoms with Crippen LogP contribution in [-0.2, 0) is 0 Å². The molecule has 2 fully saturated rings. The van der Waals surface area contributed by atoms with Gasteiger partial charge in [-0.1, -0.05) is 0 Å². The van der Waals surface area contributed by atoms with Gasteiger partial charge < -0.3 is 10.2 Å². The van der Waals surface area contributed by atoms with Crippen LogP contribution in [0, 0.1) is 0 Å². The standard InChI is InChI=1S/C13H26N2/c1-11-6-5-7-12(2)15(11)10-13-8-3-4-9-14-13/h11-14H,3-10H2,1-2H3/p+2/t11-,12-,13+/m1/s1. The van der Waals surface area contributed by atoms with Gasteiger partial charge in [0.1, 0.15) is 12.6 Å². The van der Waals surface area contributed by atoms with E-state index in [4.69, 9.17) is 0 Å². The molecule has 0 bridgehead atoms. The summed E-state index contributed by atoms with van der Waals surface area (Å²) in [5.41, 5.74) is 0. The Bertz CT molecular complexity index is 177. The Kier molecular flexibility index (Phi) is 4.04. The second-order valence-corrected chi connectivity index (χ2v) is 5.79. The number of nitrogens with two attached hydrogens (primary N) is 1. The van der Waals surface area contributed by atoms with Crippen LogP contribution in [0.2, 0.25) is 0 Å². The topological polar surface area (TPSA) is 21.1 Å². The Hall–Kier alpha value is -0.0800. The Labute approximate surface area is 94.4 Å². The molecular formula is C13H28N2+2. The molecule has 0 radical (unpaired) electrons. The second kappa shape index (κ2) is 5.31. The third kappa shape index (κ3) is 2.94. The van der Waals surface area contributed by atoms with Gasteiger partial charge in [-0.3, -0.25) is 0 Å². The molecule has 2 nitrogen and oxygen atoms in total. The van der Waals surface area contributed by atoms with E-state index in [9.17, 15) is 0 Å². The van der Waals surface area contributed by atoms with Crippen LogP contribution >= 0.6 is 0 Å². The fraction of sp³-hybridized carbons (Fsp3) is 1.00. The first-order valence-corrected chi connectivity index (χ1v) is 6.96. The van der Waals surface area contributed by atoms with E-state index < -0.39 is 0 Å². The number of hydrogen-bond acceptors (Lipinski definition) is 0. The molecule has 88 valence electrons. The van der Waals surface area contributed by atoms with Gasteiger partial charge in [-0.15, -0.1) is 0 Å². The number of hydrogen-bond donors (Lipinski definition) is 2. The molecule has 2 heteroatoms. The molecule has 15 heavy (non-hydrogen) atoms. The van der Waals surface area contributed by atoms with E-state index >= 15 is 0 Å². The monoisotopic (exact) mass is 212 g/mol. The van der Waals surface area contributed by atoms with E-state index in [0.717, 1.165) is 18.1 Å². The van der Waals surface area contributed by atoms with Crippen molar-refractivity contribution in [2.75, 3.05) is 13.1 Å². The van der Waals surface area contributed by atoms with E-state index in [1.807, 2.05) is 4.90 Å². The van der Waals surface area contributed by atoms with Gasteiger partial charge in [0.05, 0.1) is 18.6 Å². The average Bonchev–Trinajstić information content (AvgIpc) is 2.25. The summed E-state index contributed by atoms with van der Waals surface area (Å²) in [5, 5.41) is 2.60. The summed E-state index contributed by atoms with van der Waals surface area (Å²) in [6.45, 7) is 7.70. The number of nitrogens with one attached hydrogen (secondary N) is 1. The minimum atomic E-state index is 0.907. The van der Waals surface area contributed by atoms with E-state index in [1.54, 1.807) is 0 Å². The quantitative estimate of drug-likeness (QED) is 0.640. The van der Waals surface area contributed by atoms with Crippen LogP contribution in [-0.4, -0.2) is 31.2 Å². The number of likely N-dealkylation sites (tertiary alicyclic amines) is 1. The minimum absolute atomic E-state index is 0.907. The fourth-order valence-corrected chi connectivity index (χ4v) is 3.50. The highest BCUT2D eigenvalue weighted by Gasteiger charge is 2.32. The Morgan fingerprint density at radius 2 is 1.73 bits per heavy atom. The van der Waals surface area contributed by atoms with Gasteiger partial charge in [0.2, 0.25) is 0 Å². The van der Waals surface area contributed by atoms with Gasteiger partial charge in [0.25, 0.3) is 0 Å². The average molecular weight is 212 g/mol. The Morgan fingerprint density at radius 1 is 1.00 bits per heavy atom. The van der Waals surface area contributed by atoms with Crippen LogP contribution in [0.15, 0.2) is 0 Å². The maximum atomic E-state index is 2.60. The van der Waals surface area contributed by atoms with E-state index in [1.165, 1.54) is 51.6 Å². The molecule has 3 N–H and O–H groups in total. The molecule has 0 aromatic carbocycles. The maximum absolute atomic E-state index is 2.60. The Morgan fingerprint density at radius 3 is 2.33 bits per heavy atom. The van der Waals surface area contributed by atoms with Crippen molar-refractivity contribution in [3.8, 4) is 0 Å². The summed E-state index contributed by atoms with van der Waals surface area (Å²) >= 11 is 0. The van der Waals surface area contributed by atoms with Gasteiger partial charge in [0, 0.05) is 6.42 Å². The van der Waals surface area contributed by atoms with Gasteiger partial charge in [0.15, 0.2) is 0 Å². The lowest BCUT2D eigenvalue weighted by molar-refractivity contribution is -0.966. The molecule has 0 amide bonds. The van der Waals surface area contributed by atoms with Crippen molar-refractivity contribution in [2.24, 2.45) is 0 Å². The van der Waals surface area contributed by atoms with Gasteiger partial charge >= 0.3 is 0 Å². The zero-order chi connectivity index (χ0) is 10.7. The summed E-state index contributed by atoms with van der Waals surface area (Å²) in [4.78, 5) is 1.89. The van der Waals surface area contributed by atoms with Gasteiger partial charge in [-0.05, 0) is 46.0 Å². The van der Waals surface area contributed by atoms with Gasteiger partial charge in [-0.2, -0.15) is 0 Å². The summed E-state index contributed by atoms with van der Waals surface area (Å²) in [5.74, 6) is 0. The predicted octanol–water partition coefficient (Wildman–Crippen LogP) is -0.0519. The number of quaternary nitrogens is 2. The second-order valence-electron chi connectivity index (χ2n) is 5.79. The molecular weight excluding hydrogens is 184 g/mol. The highest BCUT2D eigenvalue weighted by Crippen LogP contribution is 2.08. The number of piperidine rings is 2. The zero-order valence-electron chi connectivity index (χ0n) is 10.5. The lowest BCUT2D eigenvalue weighted by atomic mass is 9.95. The molecule has 0 aromatic heterocycles. The molecule has 0 aromatic rings. The van der Waals surface area contributed by atoms with Crippen molar-refractivity contribution < 1.29 is 10.2 Å². The van der Waals surface area contributed by atoms with Gasteiger partial charge in [-0.25, -0.2) is 0 Å². The first-order valence-electron chi connectivity index (χ1n) is 6.96. The van der Waals surface area contributed by atoms with E-state index in [-0.39, 0.29) is 0 Å². The van der Waals surface area contributed by atoms with Crippen molar-refractivity contribution in [3.63, 3.8) is 0 Å². The molecule has 2 aliphatic rings. The molecule has 2 aliphatic heterocycles. The largest absolute Gasteiger partial charge is 0.339 e. The number of rotatable bonds is 2. The van der Waals surface area contributed by atoms with Crippen LogP contribution < -0.4 is 10.2 Å². The minimum Gasteiger partial charge on any atom is -0.339 e. The normalized spacial score (nSPS) is 39.2. The fourth-order valence-electron chi connectivity index (χ4n) is 3.50. The Balaban J connectivity index is 1.84. The first-order chi connectivity index (χ1) is 7.27. The highest BCUT2D eigenvalue weighted by molar-refractivity contribution is 4.65. The van der Waals surface area contributed by atoms with Crippen LogP contribution in [0.1, 0.15) is 52.4 Å². The predicted molar refractivity (Wildman–Crippen MR) is 63.0 cm³/mol. The molecule has 0 unspecified atom stereocenters. The highest BCUT2D eigenvalue weighted by atomic mass is 15.2. The molecule has 2 rings (SSSR count). The smallest absolute Gasteiger partial charge is 0.135 e. The van der Waals surface area contributed by atoms with Crippen molar-refractivity contribution in [3.05, 3.63) is 0 Å². The van der Waals surface area contributed by atoms with Crippen molar-refractivity contribution in [1.29, 1.82) is 0 Å². The van der Waals surface area contributed by atoms with Crippen LogP contribution in [0.3, 0.4) is 0 Å². The molecule has 2 saturated heterocycles. The molecule has 3 atom stereocenters. The summed E-state index contributed by atoms with van der Waals surface area (Å²) < 4.78 is 0. The first kappa shape index (κ1) is 11.4. The zero-order valence-corrected chi connectivity index (χ0v) is 10.5. The molecule has 0 spiro atoms. The maximum Gasteiger partial charge on any atom is 0.135 e. The van der Waals surface area contributed by atoms with Crippen molar-refractivity contribution in [1.82, 2.24) is 0 Å². The third-order valence-corrected chi connectivity index (χ3v) is 4.57. The van der Waals surface area contributed by atoms with Crippen LogP contribution in [0.4, 0.5) is 0 Å². The molecule has 0 aliphatic carbocycles. The van der Waals surface area contributed by atoms with Crippen LogP contribution in [0.25, 0.3) is 0 Å². The summed E-state index contributed by atoms with van der Waals surface area (Å²) in [6.07, 6.45) is 8.73. The van der Waals surface area contributed by atoms with Crippen LogP contribution in [0.5, 0.6) is 0 Å². The molecule has 2 heterocycles. The van der Waals surface area contributed by atoms with E-state index in [2.05, 4.69) is 19.2 Å². The van der Waals surface area contributed by atoms with Crippen molar-refractivity contribution >= 4 is 0 Å². The van der Waals surface area contributed by atoms with E-state index in [0.29, 0.717) is 0 Å². The lowest BCUT2D eigenvalue weighted by Gasteiger charge is -2.37. The third-order valence-electron chi connectivity index (χ3n) is 4.57. The lowest BCUT2D eigenvalue weighted by Crippen LogP contribution is -3.22. The molecule has 0 saturated carbocycles. The van der Waals surface area contributed by atoms with Crippen molar-refractivity contribution in [2.45, 2.75) is 70.5 Å². The summed E-state index contributed by atoms with van der Waals surface area (Å²) in [6, 6.07) is 2.74.